The Hall–Kier alpha value is -0.887. The van der Waals surface area contributed by atoms with E-state index in [1.807, 2.05) is 26.2 Å². The summed E-state index contributed by atoms with van der Waals surface area (Å²) >= 11 is -1.85. The third-order valence-corrected chi connectivity index (χ3v) is 7.17. The molecule has 2 aromatic carbocycles. The van der Waals surface area contributed by atoms with Crippen molar-refractivity contribution in [1.29, 1.82) is 0 Å². The molecule has 24 heavy (non-hydrogen) atoms. The van der Waals surface area contributed by atoms with Crippen molar-refractivity contribution in [2.45, 2.75) is 26.7 Å². The monoisotopic (exact) mass is 452 g/mol. The molecule has 0 fully saturated rings. The van der Waals surface area contributed by atoms with Crippen LogP contribution in [0.5, 0.6) is 0 Å². The quantitative estimate of drug-likeness (QED) is 0.396. The first kappa shape index (κ1) is 19.4. The van der Waals surface area contributed by atoms with Gasteiger partial charge in [-0.3, -0.25) is 0 Å². The van der Waals surface area contributed by atoms with Crippen LogP contribution in [-0.2, 0) is 27.6 Å². The van der Waals surface area contributed by atoms with E-state index in [1.54, 1.807) is 0 Å². The first-order valence-electron chi connectivity index (χ1n) is 7.82. The van der Waals surface area contributed by atoms with Gasteiger partial charge in [-0.15, -0.1) is 0 Å². The van der Waals surface area contributed by atoms with Crippen LogP contribution in [0.2, 0.25) is 0 Å². The number of benzene rings is 2. The third-order valence-electron chi connectivity index (χ3n) is 4.01. The van der Waals surface area contributed by atoms with E-state index in [0.29, 0.717) is 5.92 Å². The van der Waals surface area contributed by atoms with Gasteiger partial charge in [0.25, 0.3) is 0 Å². The average molecular weight is 452 g/mol. The summed E-state index contributed by atoms with van der Waals surface area (Å²) in [6, 6.07) is 16.9. The van der Waals surface area contributed by atoms with Gasteiger partial charge in [0.2, 0.25) is 0 Å². The Morgan fingerprint density at radius 2 is 1.29 bits per heavy atom. The van der Waals surface area contributed by atoms with Crippen LogP contribution in [-0.4, -0.2) is 9.13 Å². The van der Waals surface area contributed by atoms with Gasteiger partial charge in [-0.25, -0.2) is 0 Å². The Bertz CT molecular complexity index is 844. The molecule has 2 nitrogen and oxygen atoms in total. The van der Waals surface area contributed by atoms with Crippen molar-refractivity contribution in [3.8, 4) is 0 Å². The summed E-state index contributed by atoms with van der Waals surface area (Å²) in [5.41, 5.74) is 5.10. The van der Waals surface area contributed by atoms with E-state index in [2.05, 4.69) is 66.3 Å². The van der Waals surface area contributed by atoms with Crippen LogP contribution < -0.4 is 0 Å². The molecule has 0 N–H and O–H groups in total. The molecule has 0 unspecified atom stereocenters. The second-order valence-corrected chi connectivity index (χ2v) is 11.8. The van der Waals surface area contributed by atoms with E-state index >= 15 is 0 Å². The van der Waals surface area contributed by atoms with Crippen molar-refractivity contribution < 1.29 is 13.5 Å². The molecule has 0 radical (unpaired) electrons. The number of nitrogens with zero attached hydrogens (tertiary/aromatic N) is 2. The summed E-state index contributed by atoms with van der Waals surface area (Å²) in [4.78, 5) is 0. The SMILES string of the molecule is Cc1ccc(C(C)C)cc1.Cn1[c](=[Ru]([Cl])[Cl])n(C)c2ccccc21. The molecule has 1 aromatic heterocycles. The fraction of sp³-hybridized carbons (Fsp3) is 0.316. The van der Waals surface area contributed by atoms with Crippen LogP contribution in [0, 0.1) is 10.9 Å². The molecule has 0 aliphatic heterocycles. The molecule has 0 saturated carbocycles. The molecule has 0 atom stereocenters. The van der Waals surface area contributed by atoms with E-state index in [-0.39, 0.29) is 0 Å². The Morgan fingerprint density at radius 1 is 0.833 bits per heavy atom. The number of hydrogen-bond donors (Lipinski definition) is 0. The number of aryl methyl sites for hydroxylation is 3. The summed E-state index contributed by atoms with van der Waals surface area (Å²) in [5, 5.41) is 0. The van der Waals surface area contributed by atoms with Gasteiger partial charge in [-0.05, 0) is 18.4 Å². The normalized spacial score (nSPS) is 11.4. The second kappa shape index (κ2) is 8.47. The average Bonchev–Trinajstić information content (AvgIpc) is 2.80. The molecule has 0 saturated heterocycles. The number of imidazole rings is 1. The van der Waals surface area contributed by atoms with E-state index in [9.17, 15) is 0 Å². The molecule has 0 aliphatic rings. The molecular weight excluding hydrogens is 428 g/mol. The van der Waals surface area contributed by atoms with Crippen LogP contribution in [0.4, 0.5) is 0 Å². The van der Waals surface area contributed by atoms with Crippen LogP contribution in [0.3, 0.4) is 0 Å². The van der Waals surface area contributed by atoms with Crippen molar-refractivity contribution >= 4 is 30.4 Å². The van der Waals surface area contributed by atoms with Gasteiger partial charge in [-0.1, -0.05) is 43.7 Å². The fourth-order valence-electron chi connectivity index (χ4n) is 2.58. The number of rotatable bonds is 1. The predicted octanol–water partition coefficient (Wildman–Crippen LogP) is 6.09. The number of hydrogen-bond acceptors (Lipinski definition) is 0. The molecule has 1 heterocycles. The minimum atomic E-state index is -1.85. The molecular formula is C19H24Cl2N2Ru. The number of aromatic nitrogens is 2. The van der Waals surface area contributed by atoms with Gasteiger partial charge in [0.1, 0.15) is 0 Å². The number of para-hydroxylation sites is 2. The molecule has 132 valence electrons. The molecule has 0 spiro atoms. The molecule has 3 aromatic rings. The van der Waals surface area contributed by atoms with Crippen LogP contribution in [0.15, 0.2) is 48.5 Å². The topological polar surface area (TPSA) is 9.86 Å². The zero-order valence-corrected chi connectivity index (χ0v) is 18.0. The summed E-state index contributed by atoms with van der Waals surface area (Å²) < 4.78 is 5.20. The maximum atomic E-state index is 6.05. The Labute approximate surface area is 157 Å². The maximum absolute atomic E-state index is 6.05. The van der Waals surface area contributed by atoms with Gasteiger partial charge in [0.15, 0.2) is 0 Å². The molecule has 5 heteroatoms. The number of halogens is 2. The van der Waals surface area contributed by atoms with E-state index < -0.39 is 13.5 Å². The second-order valence-electron chi connectivity index (χ2n) is 6.11. The zero-order chi connectivity index (χ0) is 17.9. The first-order chi connectivity index (χ1) is 11.3. The third kappa shape index (κ3) is 4.39. The van der Waals surface area contributed by atoms with E-state index in [0.717, 1.165) is 4.01 Å². The summed E-state index contributed by atoms with van der Waals surface area (Å²) in [6.45, 7) is 6.54. The van der Waals surface area contributed by atoms with Gasteiger partial charge >= 0.3 is 95.4 Å². The van der Waals surface area contributed by atoms with Gasteiger partial charge in [0.05, 0.1) is 0 Å². The van der Waals surface area contributed by atoms with E-state index in [4.69, 9.17) is 19.4 Å². The number of fused-ring (bicyclic) bond motifs is 1. The zero-order valence-electron chi connectivity index (χ0n) is 14.7. The Kier molecular flexibility index (Phi) is 6.86. The predicted molar refractivity (Wildman–Crippen MR) is 102 cm³/mol. The standard InChI is InChI=1S/C10H14.C9H10N2.2ClH.Ru/c1-8(2)10-6-4-9(3)5-7-10;1-10-7-11(2)9-6-4-3-5-8(9)10;;;/h4-8H,1-3H3;3-6H,1-2H3;2*1H;/q;;;;+2/p-2. The van der Waals surface area contributed by atoms with Crippen molar-refractivity contribution in [2.75, 3.05) is 0 Å². The van der Waals surface area contributed by atoms with Crippen LogP contribution in [0.1, 0.15) is 30.9 Å². The van der Waals surface area contributed by atoms with Crippen molar-refractivity contribution in [1.82, 2.24) is 9.13 Å². The molecule has 0 aliphatic carbocycles. The van der Waals surface area contributed by atoms with E-state index in [1.165, 1.54) is 22.2 Å². The fourth-order valence-corrected chi connectivity index (χ4v) is 6.00. The van der Waals surface area contributed by atoms with Gasteiger partial charge in [-0.2, -0.15) is 0 Å². The van der Waals surface area contributed by atoms with Crippen molar-refractivity contribution in [3.63, 3.8) is 0 Å². The van der Waals surface area contributed by atoms with Crippen molar-refractivity contribution in [2.24, 2.45) is 14.1 Å². The van der Waals surface area contributed by atoms with Crippen LogP contribution >= 0.6 is 19.4 Å². The summed E-state index contributed by atoms with van der Waals surface area (Å²) in [6.07, 6.45) is 0. The Morgan fingerprint density at radius 3 is 1.67 bits per heavy atom. The Balaban J connectivity index is 0.000000185. The summed E-state index contributed by atoms with van der Waals surface area (Å²) in [7, 11) is 16.1. The molecule has 0 amide bonds. The van der Waals surface area contributed by atoms with Gasteiger partial charge < -0.3 is 0 Å². The van der Waals surface area contributed by atoms with Gasteiger partial charge in [0, 0.05) is 0 Å². The molecule has 3 rings (SSSR count). The van der Waals surface area contributed by atoms with Crippen LogP contribution in [0.25, 0.3) is 11.0 Å². The molecule has 0 bridgehead atoms. The first-order valence-corrected chi connectivity index (χ1v) is 13.2. The minimum absolute atomic E-state index is 0.653. The summed E-state index contributed by atoms with van der Waals surface area (Å²) in [5.74, 6) is 0.653. The van der Waals surface area contributed by atoms with Crippen molar-refractivity contribution in [3.05, 3.63) is 63.7 Å².